The van der Waals surface area contributed by atoms with Crippen molar-refractivity contribution in [1.82, 2.24) is 9.78 Å². The number of carbonyl (C=O) groups excluding carboxylic acids is 1. The van der Waals surface area contributed by atoms with Crippen molar-refractivity contribution >= 4 is 11.7 Å². The number of ether oxygens (including phenoxy) is 3. The smallest absolute Gasteiger partial charge is 0.341 e. The van der Waals surface area contributed by atoms with Gasteiger partial charge < -0.3 is 19.5 Å². The summed E-state index contributed by atoms with van der Waals surface area (Å²) in [6, 6.07) is 12.3. The minimum absolute atomic E-state index is 0.0865. The standard InChI is InChI=1S/C25H27N3O4/c1-5-31-24(29)15-12-26-28(13-15)16-9-10-19-17(11-16)25(2,3)18-14-32-21-8-6-7-20(30-4)22(21)23(18)27-19/h6-13,18,23,27H,5,14H2,1-4H3/t18-,23-/m0/s1. The molecule has 1 aromatic heterocycles. The van der Waals surface area contributed by atoms with Crippen LogP contribution in [-0.2, 0) is 10.2 Å². The Hall–Kier alpha value is -3.48. The highest BCUT2D eigenvalue weighted by Gasteiger charge is 2.47. The van der Waals surface area contributed by atoms with Crippen LogP contribution in [0.15, 0.2) is 48.8 Å². The van der Waals surface area contributed by atoms with E-state index in [2.05, 4.69) is 36.4 Å². The Morgan fingerprint density at radius 2 is 2.16 bits per heavy atom. The Morgan fingerprint density at radius 3 is 2.94 bits per heavy atom. The molecule has 2 aromatic carbocycles. The van der Waals surface area contributed by atoms with E-state index in [9.17, 15) is 4.79 Å². The van der Waals surface area contributed by atoms with Gasteiger partial charge >= 0.3 is 5.97 Å². The maximum absolute atomic E-state index is 12.0. The summed E-state index contributed by atoms with van der Waals surface area (Å²) in [6.45, 7) is 7.25. The van der Waals surface area contributed by atoms with E-state index in [1.54, 1.807) is 24.9 Å². The first-order valence-corrected chi connectivity index (χ1v) is 10.9. The second-order valence-corrected chi connectivity index (χ2v) is 8.76. The van der Waals surface area contributed by atoms with Crippen LogP contribution in [0.1, 0.15) is 48.3 Å². The summed E-state index contributed by atoms with van der Waals surface area (Å²) in [5.41, 5.74) is 4.49. The molecule has 0 spiro atoms. The van der Waals surface area contributed by atoms with Crippen LogP contribution in [0.25, 0.3) is 5.69 Å². The number of esters is 1. The molecule has 0 amide bonds. The van der Waals surface area contributed by atoms with Gasteiger partial charge in [0.2, 0.25) is 0 Å². The van der Waals surface area contributed by atoms with Gasteiger partial charge in [0.1, 0.15) is 11.5 Å². The number of methoxy groups -OCH3 is 1. The van der Waals surface area contributed by atoms with Crippen molar-refractivity contribution in [1.29, 1.82) is 0 Å². The van der Waals surface area contributed by atoms with Gasteiger partial charge in [-0.25, -0.2) is 9.48 Å². The first kappa shape index (κ1) is 20.4. The van der Waals surface area contributed by atoms with Crippen LogP contribution in [0.3, 0.4) is 0 Å². The highest BCUT2D eigenvalue weighted by molar-refractivity contribution is 5.88. The van der Waals surface area contributed by atoms with Crippen LogP contribution in [0.4, 0.5) is 5.69 Å². The van der Waals surface area contributed by atoms with Crippen molar-refractivity contribution in [3.8, 4) is 17.2 Å². The average molecular weight is 434 g/mol. The Morgan fingerprint density at radius 1 is 1.31 bits per heavy atom. The molecule has 0 radical (unpaired) electrons. The van der Waals surface area contributed by atoms with Gasteiger partial charge in [0, 0.05) is 23.2 Å². The number of aromatic nitrogens is 2. The number of carbonyl (C=O) groups is 1. The molecule has 7 nitrogen and oxygen atoms in total. The molecule has 0 saturated carbocycles. The quantitative estimate of drug-likeness (QED) is 0.610. The number of benzene rings is 2. The van der Waals surface area contributed by atoms with E-state index in [-0.39, 0.29) is 23.3 Å². The molecule has 2 aliphatic rings. The zero-order chi connectivity index (χ0) is 22.5. The fourth-order valence-corrected chi connectivity index (χ4v) is 4.89. The minimum atomic E-state index is -0.367. The van der Waals surface area contributed by atoms with Crippen LogP contribution < -0.4 is 14.8 Å². The highest BCUT2D eigenvalue weighted by atomic mass is 16.5. The lowest BCUT2D eigenvalue weighted by Crippen LogP contribution is -2.46. The average Bonchev–Trinajstić information content (AvgIpc) is 3.29. The lowest BCUT2D eigenvalue weighted by atomic mass is 9.65. The number of rotatable bonds is 4. The highest BCUT2D eigenvalue weighted by Crippen LogP contribution is 2.54. The van der Waals surface area contributed by atoms with E-state index in [0.29, 0.717) is 18.8 Å². The van der Waals surface area contributed by atoms with Crippen molar-refractivity contribution in [3.63, 3.8) is 0 Å². The summed E-state index contributed by atoms with van der Waals surface area (Å²) < 4.78 is 18.6. The summed E-state index contributed by atoms with van der Waals surface area (Å²) in [7, 11) is 1.70. The number of nitrogens with one attached hydrogen (secondary N) is 1. The zero-order valence-corrected chi connectivity index (χ0v) is 18.7. The monoisotopic (exact) mass is 433 g/mol. The van der Waals surface area contributed by atoms with Crippen LogP contribution in [0.2, 0.25) is 0 Å². The molecule has 0 bridgehead atoms. The van der Waals surface area contributed by atoms with Crippen LogP contribution in [0.5, 0.6) is 11.5 Å². The summed E-state index contributed by atoms with van der Waals surface area (Å²) in [6.07, 6.45) is 3.24. The number of hydrogen-bond acceptors (Lipinski definition) is 6. The molecule has 3 aromatic rings. The number of fused-ring (bicyclic) bond motifs is 4. The third kappa shape index (κ3) is 3.11. The summed E-state index contributed by atoms with van der Waals surface area (Å²) in [5.74, 6) is 1.55. The first-order valence-electron chi connectivity index (χ1n) is 10.9. The van der Waals surface area contributed by atoms with E-state index in [1.165, 1.54) is 11.8 Å². The molecule has 0 saturated heterocycles. The van der Waals surface area contributed by atoms with Gasteiger partial charge in [0.25, 0.3) is 0 Å². The molecule has 1 N–H and O–H groups in total. The number of hydrogen-bond donors (Lipinski definition) is 1. The third-order valence-corrected chi connectivity index (χ3v) is 6.67. The second kappa shape index (κ2) is 7.58. The Bertz CT molecular complexity index is 1170. The predicted octanol–water partition coefficient (Wildman–Crippen LogP) is 4.51. The normalized spacial score (nSPS) is 20.1. The SMILES string of the molecule is CCOC(=O)c1cnn(-c2ccc3c(c2)C(C)(C)[C@H]2COc4cccc(OC)c4[C@H]2N3)c1. The summed E-state index contributed by atoms with van der Waals surface area (Å²) in [5, 5.41) is 8.12. The molecule has 3 heterocycles. The lowest BCUT2D eigenvalue weighted by Gasteiger charge is -2.48. The lowest BCUT2D eigenvalue weighted by molar-refractivity contribution is 0.0526. The Labute approximate surface area is 187 Å². The van der Waals surface area contributed by atoms with Crippen molar-refractivity contribution in [2.45, 2.75) is 32.2 Å². The molecule has 0 aliphatic carbocycles. The molecule has 166 valence electrons. The van der Waals surface area contributed by atoms with Gasteiger partial charge in [0.05, 0.1) is 49.4 Å². The maximum atomic E-state index is 12.0. The number of nitrogens with zero attached hydrogens (tertiary/aromatic N) is 2. The fourth-order valence-electron chi connectivity index (χ4n) is 4.89. The first-order chi connectivity index (χ1) is 15.4. The largest absolute Gasteiger partial charge is 0.496 e. The van der Waals surface area contributed by atoms with E-state index >= 15 is 0 Å². The van der Waals surface area contributed by atoms with E-state index in [0.717, 1.165) is 28.4 Å². The summed E-state index contributed by atoms with van der Waals surface area (Å²) >= 11 is 0. The minimum Gasteiger partial charge on any atom is -0.496 e. The summed E-state index contributed by atoms with van der Waals surface area (Å²) in [4.78, 5) is 12.0. The molecule has 7 heteroatoms. The predicted molar refractivity (Wildman–Crippen MR) is 121 cm³/mol. The van der Waals surface area contributed by atoms with Gasteiger partial charge in [-0.3, -0.25) is 0 Å². The Kier molecular flexibility index (Phi) is 4.84. The fraction of sp³-hybridized carbons (Fsp3) is 0.360. The molecular weight excluding hydrogens is 406 g/mol. The van der Waals surface area contributed by atoms with Gasteiger partial charge in [-0.2, -0.15) is 5.10 Å². The van der Waals surface area contributed by atoms with Crippen LogP contribution in [-0.4, -0.2) is 36.1 Å². The topological polar surface area (TPSA) is 74.6 Å². The molecule has 32 heavy (non-hydrogen) atoms. The molecule has 2 atom stereocenters. The van der Waals surface area contributed by atoms with Crippen molar-refractivity contribution in [2.24, 2.45) is 5.92 Å². The van der Waals surface area contributed by atoms with Gasteiger partial charge in [-0.05, 0) is 42.8 Å². The van der Waals surface area contributed by atoms with Crippen LogP contribution >= 0.6 is 0 Å². The van der Waals surface area contributed by atoms with Crippen molar-refractivity contribution < 1.29 is 19.0 Å². The molecule has 5 rings (SSSR count). The van der Waals surface area contributed by atoms with E-state index < -0.39 is 0 Å². The second-order valence-electron chi connectivity index (χ2n) is 8.76. The molecule has 2 aliphatic heterocycles. The van der Waals surface area contributed by atoms with Gasteiger partial charge in [-0.1, -0.05) is 19.9 Å². The molecule has 0 fully saturated rings. The molecule has 0 unspecified atom stereocenters. The van der Waals surface area contributed by atoms with Crippen LogP contribution in [0, 0.1) is 5.92 Å². The van der Waals surface area contributed by atoms with Gasteiger partial charge in [0.15, 0.2) is 0 Å². The third-order valence-electron chi connectivity index (χ3n) is 6.67. The Balaban J connectivity index is 1.54. The maximum Gasteiger partial charge on any atom is 0.341 e. The zero-order valence-electron chi connectivity index (χ0n) is 18.7. The van der Waals surface area contributed by atoms with Crippen molar-refractivity contribution in [3.05, 3.63) is 65.5 Å². The van der Waals surface area contributed by atoms with Gasteiger partial charge in [-0.15, -0.1) is 0 Å². The van der Waals surface area contributed by atoms with E-state index in [4.69, 9.17) is 14.2 Å². The van der Waals surface area contributed by atoms with Crippen molar-refractivity contribution in [2.75, 3.05) is 25.6 Å². The molecular formula is C25H27N3O4. The number of anilines is 1. The van der Waals surface area contributed by atoms with E-state index in [1.807, 2.05) is 24.3 Å².